The van der Waals surface area contributed by atoms with Crippen molar-refractivity contribution in [3.8, 4) is 0 Å². The lowest BCUT2D eigenvalue weighted by Gasteiger charge is -2.22. The highest BCUT2D eigenvalue weighted by atomic mass is 127. The lowest BCUT2D eigenvalue weighted by Crippen LogP contribution is -2.16. The van der Waals surface area contributed by atoms with Crippen LogP contribution in [0.5, 0.6) is 0 Å². The van der Waals surface area contributed by atoms with E-state index < -0.39 is 0 Å². The van der Waals surface area contributed by atoms with Crippen LogP contribution in [0.2, 0.25) is 0 Å². The summed E-state index contributed by atoms with van der Waals surface area (Å²) in [5, 5.41) is 0. The van der Waals surface area contributed by atoms with E-state index in [1.807, 2.05) is 0 Å². The van der Waals surface area contributed by atoms with E-state index in [2.05, 4.69) is 45.2 Å². The van der Waals surface area contributed by atoms with Crippen LogP contribution >= 0.6 is 45.2 Å². The minimum atomic E-state index is 0.804. The number of rotatable bonds is 2. The van der Waals surface area contributed by atoms with Gasteiger partial charge in [-0.3, -0.25) is 0 Å². The van der Waals surface area contributed by atoms with Crippen molar-refractivity contribution >= 4 is 45.2 Å². The average molecular weight is 366 g/mol. The second kappa shape index (κ2) is 5.13. The van der Waals surface area contributed by atoms with Gasteiger partial charge in [-0.15, -0.1) is 0 Å². The van der Waals surface area contributed by atoms with E-state index in [0.717, 1.165) is 21.1 Å². The van der Waals surface area contributed by atoms with Gasteiger partial charge in [-0.05, 0) is 25.2 Å². The molecule has 1 saturated heterocycles. The van der Waals surface area contributed by atoms with Crippen LogP contribution in [0.15, 0.2) is 0 Å². The molecule has 1 aliphatic rings. The summed E-state index contributed by atoms with van der Waals surface area (Å²) in [6.45, 7) is 1.98. The van der Waals surface area contributed by atoms with Crippen LogP contribution in [0.3, 0.4) is 0 Å². The van der Waals surface area contributed by atoms with Crippen LogP contribution in [0.4, 0.5) is 0 Å². The van der Waals surface area contributed by atoms with Crippen LogP contribution in [-0.2, 0) is 4.74 Å². The van der Waals surface area contributed by atoms with E-state index in [1.54, 1.807) is 0 Å². The van der Waals surface area contributed by atoms with Gasteiger partial charge in [0.25, 0.3) is 0 Å². The molecule has 0 aliphatic carbocycles. The Morgan fingerprint density at radius 3 is 2.40 bits per heavy atom. The molecule has 1 fully saturated rings. The molecular weight excluding hydrogens is 354 g/mol. The lowest BCUT2D eigenvalue weighted by molar-refractivity contribution is 0.0656. The first-order valence-corrected chi connectivity index (χ1v) is 6.14. The first-order valence-electron chi connectivity index (χ1n) is 3.65. The molecule has 0 spiro atoms. The zero-order chi connectivity index (χ0) is 7.40. The molecule has 0 aromatic heterocycles. The molecule has 1 rings (SSSR count). The number of hydrogen-bond donors (Lipinski definition) is 0. The molecule has 10 heavy (non-hydrogen) atoms. The maximum Gasteiger partial charge on any atom is 0.0629 e. The van der Waals surface area contributed by atoms with Crippen molar-refractivity contribution in [3.63, 3.8) is 0 Å². The molecule has 0 atom stereocenters. The van der Waals surface area contributed by atoms with Gasteiger partial charge in [-0.1, -0.05) is 45.2 Å². The zero-order valence-electron chi connectivity index (χ0n) is 5.85. The number of halogens is 2. The summed E-state index contributed by atoms with van der Waals surface area (Å²) >= 11 is 4.98. The molecule has 0 unspecified atom stereocenters. The van der Waals surface area contributed by atoms with Crippen LogP contribution in [0.1, 0.15) is 19.3 Å². The van der Waals surface area contributed by atoms with Gasteiger partial charge < -0.3 is 4.74 Å². The summed E-state index contributed by atoms with van der Waals surface area (Å²) in [7, 11) is 0. The van der Waals surface area contributed by atoms with E-state index in [4.69, 9.17) is 4.74 Å². The first kappa shape index (κ1) is 9.51. The topological polar surface area (TPSA) is 9.23 Å². The fraction of sp³-hybridized carbons (Fsp3) is 1.00. The molecule has 0 bridgehead atoms. The second-order valence-corrected chi connectivity index (χ2v) is 8.07. The van der Waals surface area contributed by atoms with Gasteiger partial charge in [0.1, 0.15) is 0 Å². The summed E-state index contributed by atoms with van der Waals surface area (Å²) in [6.07, 6.45) is 3.93. The van der Waals surface area contributed by atoms with Crippen LogP contribution in [-0.4, -0.2) is 15.1 Å². The van der Waals surface area contributed by atoms with Gasteiger partial charge in [0, 0.05) is 13.2 Å². The average Bonchev–Trinajstić information content (AvgIpc) is 1.88. The lowest BCUT2D eigenvalue weighted by atomic mass is 9.98. The number of alkyl halides is 2. The Balaban J connectivity index is 2.13. The highest BCUT2D eigenvalue weighted by Gasteiger charge is 2.15. The fourth-order valence-corrected chi connectivity index (χ4v) is 2.67. The van der Waals surface area contributed by atoms with Crippen molar-refractivity contribution in [2.45, 2.75) is 21.2 Å². The normalized spacial score (nSPS) is 21.9. The van der Waals surface area contributed by atoms with E-state index in [0.29, 0.717) is 0 Å². The van der Waals surface area contributed by atoms with Gasteiger partial charge in [-0.2, -0.15) is 0 Å². The molecule has 0 saturated carbocycles. The van der Waals surface area contributed by atoms with Gasteiger partial charge in [0.2, 0.25) is 0 Å². The van der Waals surface area contributed by atoms with Crippen molar-refractivity contribution < 1.29 is 4.74 Å². The third kappa shape index (κ3) is 3.71. The molecule has 0 aromatic carbocycles. The second-order valence-electron chi connectivity index (χ2n) is 2.68. The van der Waals surface area contributed by atoms with Gasteiger partial charge in [-0.25, -0.2) is 0 Å². The largest absolute Gasteiger partial charge is 0.381 e. The molecule has 1 heterocycles. The smallest absolute Gasteiger partial charge is 0.0629 e. The Morgan fingerprint density at radius 1 is 1.30 bits per heavy atom. The summed E-state index contributed by atoms with van der Waals surface area (Å²) in [6, 6.07) is 0. The molecule has 0 amide bonds. The summed E-state index contributed by atoms with van der Waals surface area (Å²) in [5.41, 5.74) is 0. The Bertz CT molecular complexity index is 89.6. The molecule has 0 N–H and O–H groups in total. The van der Waals surface area contributed by atoms with E-state index >= 15 is 0 Å². The summed E-state index contributed by atoms with van der Waals surface area (Å²) in [5.74, 6) is 0.938. The minimum absolute atomic E-state index is 0.804. The highest BCUT2D eigenvalue weighted by Crippen LogP contribution is 2.26. The monoisotopic (exact) mass is 366 g/mol. The predicted molar refractivity (Wildman–Crippen MR) is 60.0 cm³/mol. The van der Waals surface area contributed by atoms with Crippen molar-refractivity contribution in [1.29, 1.82) is 0 Å². The van der Waals surface area contributed by atoms with Crippen molar-refractivity contribution in [2.24, 2.45) is 5.92 Å². The highest BCUT2D eigenvalue weighted by molar-refractivity contribution is 14.2. The van der Waals surface area contributed by atoms with Crippen LogP contribution in [0.25, 0.3) is 0 Å². The maximum absolute atomic E-state index is 5.28. The van der Waals surface area contributed by atoms with Gasteiger partial charge in [0.15, 0.2) is 0 Å². The third-order valence-corrected chi connectivity index (χ3v) is 2.87. The standard InChI is InChI=1S/C7H12I2O/c8-7(9)5-6-1-3-10-4-2-6/h6-7H,1-5H2. The Morgan fingerprint density at radius 2 is 1.90 bits per heavy atom. The van der Waals surface area contributed by atoms with Gasteiger partial charge in [0.05, 0.1) is 1.93 Å². The van der Waals surface area contributed by atoms with Crippen molar-refractivity contribution in [3.05, 3.63) is 0 Å². The predicted octanol–water partition coefficient (Wildman–Crippen LogP) is 3.00. The molecule has 1 nitrogen and oxygen atoms in total. The Hall–Kier alpha value is 1.42. The first-order chi connectivity index (χ1) is 4.79. The fourth-order valence-electron chi connectivity index (χ4n) is 1.23. The third-order valence-electron chi connectivity index (χ3n) is 1.85. The number of hydrogen-bond acceptors (Lipinski definition) is 1. The van der Waals surface area contributed by atoms with E-state index in [-0.39, 0.29) is 0 Å². The molecule has 60 valence electrons. The maximum atomic E-state index is 5.28. The van der Waals surface area contributed by atoms with Gasteiger partial charge >= 0.3 is 0 Å². The molecule has 3 heteroatoms. The molecule has 0 aromatic rings. The number of ether oxygens (including phenoxy) is 1. The van der Waals surface area contributed by atoms with Crippen molar-refractivity contribution in [1.82, 2.24) is 0 Å². The Kier molecular flexibility index (Phi) is 4.88. The molecular formula is C7H12I2O. The van der Waals surface area contributed by atoms with E-state index in [1.165, 1.54) is 19.3 Å². The van der Waals surface area contributed by atoms with Crippen LogP contribution < -0.4 is 0 Å². The summed E-state index contributed by atoms with van der Waals surface area (Å²) < 4.78 is 6.08. The quantitative estimate of drug-likeness (QED) is 0.540. The van der Waals surface area contributed by atoms with E-state index in [9.17, 15) is 0 Å². The zero-order valence-corrected chi connectivity index (χ0v) is 10.2. The SMILES string of the molecule is IC(I)CC1CCOCC1. The summed E-state index contributed by atoms with van der Waals surface area (Å²) in [4.78, 5) is 0. The van der Waals surface area contributed by atoms with Crippen molar-refractivity contribution in [2.75, 3.05) is 13.2 Å². The van der Waals surface area contributed by atoms with Crippen LogP contribution in [0, 0.1) is 5.92 Å². The molecule has 0 radical (unpaired) electrons. The molecule has 1 aliphatic heterocycles. The minimum Gasteiger partial charge on any atom is -0.381 e. The Labute approximate surface area is 89.6 Å².